The molecule has 0 aromatic heterocycles. The largest absolute Gasteiger partial charge is 0.479 e. The molecule has 2 aromatic rings. The topological polar surface area (TPSA) is 105 Å². The Morgan fingerprint density at radius 3 is 2.20 bits per heavy atom. The van der Waals surface area contributed by atoms with Gasteiger partial charge < -0.3 is 19.5 Å². The molecule has 2 N–H and O–H groups in total. The van der Waals surface area contributed by atoms with E-state index in [-0.39, 0.29) is 25.7 Å². The number of fused-ring (bicyclic) bond motifs is 3. The number of amides is 2. The van der Waals surface area contributed by atoms with E-state index in [0.29, 0.717) is 6.92 Å². The molecular formula is C24H23F3N2O6. The highest BCUT2D eigenvalue weighted by Gasteiger charge is 2.60. The van der Waals surface area contributed by atoms with Crippen molar-refractivity contribution in [2.24, 2.45) is 0 Å². The van der Waals surface area contributed by atoms with Crippen molar-refractivity contribution in [3.63, 3.8) is 0 Å². The summed E-state index contributed by atoms with van der Waals surface area (Å²) in [6.45, 7) is -0.781. The third kappa shape index (κ3) is 4.55. The number of carboxylic acids is 1. The van der Waals surface area contributed by atoms with Crippen molar-refractivity contribution in [2.45, 2.75) is 30.7 Å². The molecule has 0 bridgehead atoms. The van der Waals surface area contributed by atoms with Crippen molar-refractivity contribution < 1.29 is 42.1 Å². The van der Waals surface area contributed by atoms with E-state index in [1.54, 1.807) is 5.32 Å². The molecule has 1 aliphatic heterocycles. The molecule has 8 nitrogen and oxygen atoms in total. The van der Waals surface area contributed by atoms with Crippen molar-refractivity contribution >= 4 is 18.0 Å². The minimum Gasteiger partial charge on any atom is -0.479 e. The van der Waals surface area contributed by atoms with Gasteiger partial charge in [-0.25, -0.2) is 9.59 Å². The fraction of sp³-hybridized carbons (Fsp3) is 0.375. The number of nitrogens with zero attached hydrogens (tertiary/aromatic N) is 1. The van der Waals surface area contributed by atoms with Crippen LogP contribution in [0, 0.1) is 0 Å². The van der Waals surface area contributed by atoms with Crippen LogP contribution in [-0.4, -0.2) is 72.1 Å². The molecule has 2 aromatic carbocycles. The van der Waals surface area contributed by atoms with E-state index in [1.807, 2.05) is 48.5 Å². The van der Waals surface area contributed by atoms with Gasteiger partial charge >= 0.3 is 18.2 Å². The summed E-state index contributed by atoms with van der Waals surface area (Å²) in [5.74, 6) is -3.27. The number of rotatable bonds is 5. The lowest BCUT2D eigenvalue weighted by molar-refractivity contribution is -0.203. The fourth-order valence-electron chi connectivity index (χ4n) is 4.38. The Hall–Kier alpha value is -3.60. The number of hydrogen-bond acceptors (Lipinski definition) is 5. The Labute approximate surface area is 198 Å². The SMILES string of the molecule is CC(NC(=O)OCC1c2ccccc2-c2ccccc21)(C(=O)N1CCOC(C(=O)O)C1)C(F)(F)F. The number of carbonyl (C=O) groups excluding carboxylic acids is 2. The van der Waals surface area contributed by atoms with E-state index >= 15 is 0 Å². The maximum absolute atomic E-state index is 14.0. The van der Waals surface area contributed by atoms with Gasteiger partial charge in [0.25, 0.3) is 5.91 Å². The molecule has 2 amide bonds. The molecular weight excluding hydrogens is 469 g/mol. The first-order valence-electron chi connectivity index (χ1n) is 10.9. The Balaban J connectivity index is 1.49. The number of carboxylic acid groups (broad SMARTS) is 1. The number of morpholine rings is 1. The van der Waals surface area contributed by atoms with Crippen molar-refractivity contribution in [3.8, 4) is 11.1 Å². The second kappa shape index (κ2) is 9.21. The van der Waals surface area contributed by atoms with Gasteiger partial charge in [0.15, 0.2) is 6.10 Å². The number of alkyl halides is 3. The normalized spacial score (nSPS) is 19.3. The van der Waals surface area contributed by atoms with Crippen LogP contribution in [0.2, 0.25) is 0 Å². The van der Waals surface area contributed by atoms with Crippen molar-refractivity contribution in [2.75, 3.05) is 26.3 Å². The molecule has 1 heterocycles. The number of aliphatic carboxylic acids is 1. The molecule has 2 atom stereocenters. The molecule has 0 radical (unpaired) electrons. The van der Waals surface area contributed by atoms with E-state index in [2.05, 4.69) is 0 Å². The second-order valence-corrected chi connectivity index (χ2v) is 8.52. The molecule has 1 aliphatic carbocycles. The van der Waals surface area contributed by atoms with E-state index in [1.165, 1.54) is 0 Å². The first-order chi connectivity index (χ1) is 16.5. The summed E-state index contributed by atoms with van der Waals surface area (Å²) in [6, 6.07) is 14.9. The summed E-state index contributed by atoms with van der Waals surface area (Å²) in [6.07, 6.45) is -8.05. The molecule has 1 saturated heterocycles. The molecule has 35 heavy (non-hydrogen) atoms. The minimum absolute atomic E-state index is 0.235. The van der Waals surface area contributed by atoms with E-state index in [4.69, 9.17) is 14.6 Å². The summed E-state index contributed by atoms with van der Waals surface area (Å²) < 4.78 is 52.1. The highest BCUT2D eigenvalue weighted by molar-refractivity contribution is 5.91. The lowest BCUT2D eigenvalue weighted by atomic mass is 9.98. The van der Waals surface area contributed by atoms with Crippen LogP contribution in [0.25, 0.3) is 11.1 Å². The predicted octanol–water partition coefficient (Wildman–Crippen LogP) is 3.16. The summed E-state index contributed by atoms with van der Waals surface area (Å²) in [7, 11) is 0. The van der Waals surface area contributed by atoms with Gasteiger partial charge in [0.05, 0.1) is 13.2 Å². The number of halogens is 3. The average molecular weight is 492 g/mol. The number of ether oxygens (including phenoxy) is 2. The lowest BCUT2D eigenvalue weighted by Crippen LogP contribution is -2.67. The van der Waals surface area contributed by atoms with Crippen LogP contribution in [0.5, 0.6) is 0 Å². The van der Waals surface area contributed by atoms with Gasteiger partial charge in [-0.15, -0.1) is 0 Å². The van der Waals surface area contributed by atoms with E-state index in [0.717, 1.165) is 27.2 Å². The van der Waals surface area contributed by atoms with E-state index in [9.17, 15) is 27.6 Å². The van der Waals surface area contributed by atoms with Crippen molar-refractivity contribution in [3.05, 3.63) is 59.7 Å². The molecule has 1 fully saturated rings. The third-order valence-corrected chi connectivity index (χ3v) is 6.32. The standard InChI is InChI=1S/C24H23F3N2O6/c1-23(24(25,26)27,21(32)29-10-11-34-19(12-29)20(30)31)28-22(33)35-13-18-16-8-4-2-6-14(16)15-7-3-5-9-17(15)18/h2-9,18-19H,10-13H2,1H3,(H,28,33)(H,30,31). The molecule has 0 spiro atoms. The van der Waals surface area contributed by atoms with Gasteiger partial charge in [0.2, 0.25) is 5.54 Å². The maximum Gasteiger partial charge on any atom is 0.420 e. The lowest BCUT2D eigenvalue weighted by Gasteiger charge is -2.38. The summed E-state index contributed by atoms with van der Waals surface area (Å²) in [4.78, 5) is 37.2. The number of carbonyl (C=O) groups is 3. The van der Waals surface area contributed by atoms with Gasteiger partial charge in [-0.3, -0.25) is 10.1 Å². The van der Waals surface area contributed by atoms with Gasteiger partial charge in [0, 0.05) is 12.5 Å². The molecule has 2 aliphatic rings. The van der Waals surface area contributed by atoms with Crippen LogP contribution < -0.4 is 5.32 Å². The Morgan fingerprint density at radius 2 is 1.66 bits per heavy atom. The summed E-state index contributed by atoms with van der Waals surface area (Å²) in [5, 5.41) is 10.8. The molecule has 4 rings (SSSR count). The smallest absolute Gasteiger partial charge is 0.420 e. The first-order valence-corrected chi connectivity index (χ1v) is 10.9. The zero-order valence-electron chi connectivity index (χ0n) is 18.7. The van der Waals surface area contributed by atoms with Gasteiger partial charge in [-0.05, 0) is 29.2 Å². The predicted molar refractivity (Wildman–Crippen MR) is 117 cm³/mol. The van der Waals surface area contributed by atoms with Crippen LogP contribution >= 0.6 is 0 Å². The first kappa shape index (κ1) is 24.5. The van der Waals surface area contributed by atoms with Gasteiger partial charge in [-0.2, -0.15) is 13.2 Å². The molecule has 11 heteroatoms. The molecule has 2 unspecified atom stereocenters. The van der Waals surface area contributed by atoms with E-state index < -0.39 is 42.3 Å². The number of nitrogens with one attached hydrogen (secondary N) is 1. The Morgan fingerprint density at radius 1 is 1.09 bits per heavy atom. The highest BCUT2D eigenvalue weighted by Crippen LogP contribution is 2.44. The Bertz CT molecular complexity index is 1110. The van der Waals surface area contributed by atoms with Gasteiger partial charge in [0.1, 0.15) is 6.61 Å². The van der Waals surface area contributed by atoms with Crippen molar-refractivity contribution in [1.29, 1.82) is 0 Å². The average Bonchev–Trinajstić information content (AvgIpc) is 3.15. The van der Waals surface area contributed by atoms with Crippen LogP contribution in [0.3, 0.4) is 0 Å². The number of benzene rings is 2. The number of alkyl carbamates (subject to hydrolysis) is 1. The minimum atomic E-state index is -5.17. The maximum atomic E-state index is 14.0. The molecule has 0 saturated carbocycles. The van der Waals surface area contributed by atoms with Crippen molar-refractivity contribution in [1.82, 2.24) is 10.2 Å². The van der Waals surface area contributed by atoms with Crippen LogP contribution in [0.15, 0.2) is 48.5 Å². The summed E-state index contributed by atoms with van der Waals surface area (Å²) in [5.41, 5.74) is 0.337. The zero-order chi connectivity index (χ0) is 25.4. The second-order valence-electron chi connectivity index (χ2n) is 8.52. The number of hydrogen-bond donors (Lipinski definition) is 2. The fourth-order valence-corrected chi connectivity index (χ4v) is 4.38. The summed E-state index contributed by atoms with van der Waals surface area (Å²) >= 11 is 0. The highest BCUT2D eigenvalue weighted by atomic mass is 19.4. The van der Waals surface area contributed by atoms with Crippen LogP contribution in [0.1, 0.15) is 24.0 Å². The van der Waals surface area contributed by atoms with Gasteiger partial charge in [-0.1, -0.05) is 48.5 Å². The quantitative estimate of drug-likeness (QED) is 0.665. The van der Waals surface area contributed by atoms with Crippen LogP contribution in [-0.2, 0) is 19.1 Å². The van der Waals surface area contributed by atoms with Crippen LogP contribution in [0.4, 0.5) is 18.0 Å². The third-order valence-electron chi connectivity index (χ3n) is 6.32. The zero-order valence-corrected chi connectivity index (χ0v) is 18.7. The molecule has 186 valence electrons. The Kier molecular flexibility index (Phi) is 6.46. The monoisotopic (exact) mass is 492 g/mol.